The second-order valence-corrected chi connectivity index (χ2v) is 5.54. The van der Waals surface area contributed by atoms with Crippen molar-refractivity contribution in [2.45, 2.75) is 33.4 Å². The van der Waals surface area contributed by atoms with Gasteiger partial charge in [0.2, 0.25) is 0 Å². The third kappa shape index (κ3) is 2.89. The molecule has 2 heterocycles. The first-order chi connectivity index (χ1) is 10.0. The number of cyclic esters (lactones) is 1. The van der Waals surface area contributed by atoms with Crippen LogP contribution in [-0.2, 0) is 11.3 Å². The summed E-state index contributed by atoms with van der Waals surface area (Å²) in [5.74, 6) is 0. The quantitative estimate of drug-likeness (QED) is 0.868. The molecule has 1 aliphatic heterocycles. The van der Waals surface area contributed by atoms with E-state index in [4.69, 9.17) is 4.74 Å². The fourth-order valence-corrected chi connectivity index (χ4v) is 2.63. The Morgan fingerprint density at radius 3 is 2.57 bits per heavy atom. The Morgan fingerprint density at radius 2 is 1.95 bits per heavy atom. The molecular formula is C15H18N4O2. The molecule has 0 saturated carbocycles. The number of aryl methyl sites for hydroxylation is 3. The lowest BCUT2D eigenvalue weighted by molar-refractivity contribution is 0.129. The van der Waals surface area contributed by atoms with Crippen molar-refractivity contribution in [3.63, 3.8) is 0 Å². The van der Waals surface area contributed by atoms with Crippen molar-refractivity contribution < 1.29 is 9.53 Å². The molecule has 0 radical (unpaired) electrons. The van der Waals surface area contributed by atoms with Gasteiger partial charge in [-0.15, -0.1) is 5.10 Å². The normalized spacial score (nSPS) is 18.1. The summed E-state index contributed by atoms with van der Waals surface area (Å²) in [5.41, 5.74) is 4.00. The molecule has 1 aliphatic rings. The lowest BCUT2D eigenvalue weighted by atomic mass is 10.1. The summed E-state index contributed by atoms with van der Waals surface area (Å²) in [7, 11) is 0. The highest BCUT2D eigenvalue weighted by atomic mass is 16.6. The Balaban J connectivity index is 1.75. The number of benzene rings is 1. The van der Waals surface area contributed by atoms with E-state index in [1.165, 1.54) is 0 Å². The van der Waals surface area contributed by atoms with Crippen molar-refractivity contribution in [2.24, 2.45) is 0 Å². The van der Waals surface area contributed by atoms with Gasteiger partial charge in [0.05, 0.1) is 18.8 Å². The molecule has 1 atom stereocenters. The van der Waals surface area contributed by atoms with Crippen LogP contribution < -0.4 is 4.90 Å². The Labute approximate surface area is 123 Å². The number of nitrogens with zero attached hydrogens (tertiary/aromatic N) is 4. The molecular weight excluding hydrogens is 268 g/mol. The number of aromatic nitrogens is 3. The lowest BCUT2D eigenvalue weighted by Gasteiger charge is -2.14. The highest BCUT2D eigenvalue weighted by Gasteiger charge is 2.32. The Bertz CT molecular complexity index is 660. The summed E-state index contributed by atoms with van der Waals surface area (Å²) >= 11 is 0. The fourth-order valence-electron chi connectivity index (χ4n) is 2.63. The average Bonchev–Trinajstić information content (AvgIpc) is 2.95. The Morgan fingerprint density at radius 1 is 1.24 bits per heavy atom. The third-order valence-corrected chi connectivity index (χ3v) is 3.44. The molecule has 2 aromatic rings. The smallest absolute Gasteiger partial charge is 0.414 e. The number of hydrogen-bond donors (Lipinski definition) is 0. The zero-order valence-corrected chi connectivity index (χ0v) is 12.4. The SMILES string of the molecule is Cc1cc(C)cc(N2C[C@H](Cn3cc(C)nn3)OC2=O)c1. The largest absolute Gasteiger partial charge is 0.442 e. The van der Waals surface area contributed by atoms with E-state index < -0.39 is 0 Å². The van der Waals surface area contributed by atoms with E-state index in [9.17, 15) is 4.79 Å². The van der Waals surface area contributed by atoms with Crippen LogP contribution in [0.1, 0.15) is 16.8 Å². The van der Waals surface area contributed by atoms with Crippen molar-refractivity contribution in [2.75, 3.05) is 11.4 Å². The Hall–Kier alpha value is -2.37. The van der Waals surface area contributed by atoms with Gasteiger partial charge in [-0.05, 0) is 44.0 Å². The second-order valence-electron chi connectivity index (χ2n) is 5.54. The number of hydrogen-bond acceptors (Lipinski definition) is 4. The first kappa shape index (κ1) is 13.6. The van der Waals surface area contributed by atoms with Gasteiger partial charge in [-0.2, -0.15) is 0 Å². The topological polar surface area (TPSA) is 60.3 Å². The van der Waals surface area contributed by atoms with Crippen molar-refractivity contribution >= 4 is 11.8 Å². The number of carbonyl (C=O) groups excluding carboxylic acids is 1. The molecule has 0 N–H and O–H groups in total. The van der Waals surface area contributed by atoms with Gasteiger partial charge in [0.25, 0.3) is 0 Å². The predicted molar refractivity (Wildman–Crippen MR) is 78.3 cm³/mol. The van der Waals surface area contributed by atoms with Gasteiger partial charge in [-0.1, -0.05) is 11.3 Å². The molecule has 0 spiro atoms. The van der Waals surface area contributed by atoms with Gasteiger partial charge in [0, 0.05) is 11.9 Å². The van der Waals surface area contributed by atoms with Crippen LogP contribution in [0.3, 0.4) is 0 Å². The molecule has 6 heteroatoms. The zero-order chi connectivity index (χ0) is 15.0. The van der Waals surface area contributed by atoms with Gasteiger partial charge in [-0.3, -0.25) is 4.90 Å². The van der Waals surface area contributed by atoms with Gasteiger partial charge >= 0.3 is 6.09 Å². The first-order valence-electron chi connectivity index (χ1n) is 6.94. The van der Waals surface area contributed by atoms with Crippen LogP contribution >= 0.6 is 0 Å². The van der Waals surface area contributed by atoms with Gasteiger partial charge < -0.3 is 4.74 Å². The number of ether oxygens (including phenoxy) is 1. The molecule has 1 amide bonds. The molecule has 1 fully saturated rings. The number of carbonyl (C=O) groups is 1. The molecule has 1 aromatic heterocycles. The minimum atomic E-state index is -0.304. The highest BCUT2D eigenvalue weighted by molar-refractivity contribution is 5.89. The van der Waals surface area contributed by atoms with E-state index in [0.29, 0.717) is 13.1 Å². The Kier molecular flexibility index (Phi) is 3.37. The van der Waals surface area contributed by atoms with E-state index in [1.54, 1.807) is 9.58 Å². The van der Waals surface area contributed by atoms with Gasteiger partial charge in [0.15, 0.2) is 0 Å². The monoisotopic (exact) mass is 286 g/mol. The minimum Gasteiger partial charge on any atom is -0.442 e. The molecule has 21 heavy (non-hydrogen) atoms. The number of amides is 1. The highest BCUT2D eigenvalue weighted by Crippen LogP contribution is 2.24. The van der Waals surface area contributed by atoms with Crippen LogP contribution in [0.4, 0.5) is 10.5 Å². The maximum Gasteiger partial charge on any atom is 0.414 e. The van der Waals surface area contributed by atoms with Crippen molar-refractivity contribution in [1.29, 1.82) is 0 Å². The maximum absolute atomic E-state index is 12.1. The number of anilines is 1. The lowest BCUT2D eigenvalue weighted by Crippen LogP contribution is -2.26. The average molecular weight is 286 g/mol. The van der Waals surface area contributed by atoms with Gasteiger partial charge in [0.1, 0.15) is 6.10 Å². The number of rotatable bonds is 3. The first-order valence-corrected chi connectivity index (χ1v) is 6.94. The van der Waals surface area contributed by atoms with Crippen LogP contribution in [0, 0.1) is 20.8 Å². The summed E-state index contributed by atoms with van der Waals surface area (Å²) < 4.78 is 7.13. The molecule has 0 bridgehead atoms. The van der Waals surface area contributed by atoms with Crippen LogP contribution in [0.15, 0.2) is 24.4 Å². The summed E-state index contributed by atoms with van der Waals surface area (Å²) in [4.78, 5) is 13.7. The zero-order valence-electron chi connectivity index (χ0n) is 12.4. The van der Waals surface area contributed by atoms with E-state index >= 15 is 0 Å². The molecule has 1 aromatic carbocycles. The summed E-state index contributed by atoms with van der Waals surface area (Å²) in [6.45, 7) is 6.97. The summed E-state index contributed by atoms with van der Waals surface area (Å²) in [6.07, 6.45) is 1.33. The van der Waals surface area contributed by atoms with Crippen LogP contribution in [-0.4, -0.2) is 33.7 Å². The van der Waals surface area contributed by atoms with Crippen LogP contribution in [0.25, 0.3) is 0 Å². The summed E-state index contributed by atoms with van der Waals surface area (Å²) in [5, 5.41) is 7.92. The van der Waals surface area contributed by atoms with Gasteiger partial charge in [-0.25, -0.2) is 9.48 Å². The molecule has 3 rings (SSSR count). The van der Waals surface area contributed by atoms with Crippen molar-refractivity contribution in [1.82, 2.24) is 15.0 Å². The predicted octanol–water partition coefficient (Wildman–Crippen LogP) is 2.23. The second kappa shape index (κ2) is 5.20. The molecule has 6 nitrogen and oxygen atoms in total. The van der Waals surface area contributed by atoms with Crippen molar-refractivity contribution in [3.05, 3.63) is 41.2 Å². The fraction of sp³-hybridized carbons (Fsp3) is 0.400. The van der Waals surface area contributed by atoms with E-state index in [-0.39, 0.29) is 12.2 Å². The van der Waals surface area contributed by atoms with E-state index in [2.05, 4.69) is 16.4 Å². The third-order valence-electron chi connectivity index (χ3n) is 3.44. The molecule has 110 valence electrons. The summed E-state index contributed by atoms with van der Waals surface area (Å²) in [6, 6.07) is 6.08. The minimum absolute atomic E-state index is 0.209. The molecule has 0 unspecified atom stereocenters. The maximum atomic E-state index is 12.1. The molecule has 1 saturated heterocycles. The van der Waals surface area contributed by atoms with Crippen LogP contribution in [0.5, 0.6) is 0 Å². The van der Waals surface area contributed by atoms with E-state index in [0.717, 1.165) is 22.5 Å². The molecule has 0 aliphatic carbocycles. The van der Waals surface area contributed by atoms with Crippen LogP contribution in [0.2, 0.25) is 0 Å². The van der Waals surface area contributed by atoms with E-state index in [1.807, 2.05) is 39.1 Å². The van der Waals surface area contributed by atoms with Crippen molar-refractivity contribution in [3.8, 4) is 0 Å². The standard InChI is InChI=1S/C15H18N4O2/c1-10-4-11(2)6-13(5-10)19-9-14(21-15(19)20)8-18-7-12(3)16-17-18/h4-7,14H,8-9H2,1-3H3/t14-/m0/s1.